The first-order valence-electron chi connectivity index (χ1n) is 10.4. The van der Waals surface area contributed by atoms with Gasteiger partial charge in [-0.05, 0) is 57.5 Å². The maximum atomic E-state index is 14.4. The van der Waals surface area contributed by atoms with Crippen molar-refractivity contribution in [2.75, 3.05) is 11.5 Å². The summed E-state index contributed by atoms with van der Waals surface area (Å²) in [6.45, 7) is 8.28. The molecule has 7 nitrogen and oxygen atoms in total. The summed E-state index contributed by atoms with van der Waals surface area (Å²) in [7, 11) is 0. The van der Waals surface area contributed by atoms with E-state index in [9.17, 15) is 15.2 Å². The molecule has 32 heavy (non-hydrogen) atoms. The van der Waals surface area contributed by atoms with Gasteiger partial charge in [-0.1, -0.05) is 6.08 Å². The molecule has 1 spiro atoms. The summed E-state index contributed by atoms with van der Waals surface area (Å²) >= 11 is 0. The summed E-state index contributed by atoms with van der Waals surface area (Å²) < 4.78 is 11.5. The van der Waals surface area contributed by atoms with E-state index in [0.29, 0.717) is 23.5 Å². The monoisotopic (exact) mass is 429 g/mol. The standard InChI is InChI=1S/C25H23N3O4/c1-5-31-15-9-16-13(2)11-24(3,4)28-21(16)18(10-15)25(23(28)30)17-7-6-14(29)8-20(17)32-22(27)19(25)12-26/h6-11,29H,5,27H2,1-4H3. The minimum absolute atomic E-state index is 0.0272. The lowest BCUT2D eigenvalue weighted by molar-refractivity contribution is -0.121. The smallest absolute Gasteiger partial charge is 0.248 e. The predicted molar refractivity (Wildman–Crippen MR) is 119 cm³/mol. The van der Waals surface area contributed by atoms with Gasteiger partial charge in [0.2, 0.25) is 11.8 Å². The van der Waals surface area contributed by atoms with E-state index in [2.05, 4.69) is 6.07 Å². The van der Waals surface area contributed by atoms with E-state index in [1.165, 1.54) is 12.1 Å². The Kier molecular flexibility index (Phi) is 3.94. The largest absolute Gasteiger partial charge is 0.508 e. The molecule has 0 aromatic heterocycles. The Balaban J connectivity index is 1.97. The predicted octanol–water partition coefficient (Wildman–Crippen LogP) is 3.71. The third-order valence-electron chi connectivity index (χ3n) is 6.44. The molecule has 7 heteroatoms. The van der Waals surface area contributed by atoms with Crippen LogP contribution in [-0.4, -0.2) is 23.2 Å². The number of rotatable bonds is 2. The van der Waals surface area contributed by atoms with Gasteiger partial charge in [-0.15, -0.1) is 0 Å². The number of benzene rings is 2. The second-order valence-electron chi connectivity index (χ2n) is 8.81. The number of nitrogens with zero attached hydrogens (tertiary/aromatic N) is 2. The second-order valence-corrected chi connectivity index (χ2v) is 8.81. The zero-order valence-electron chi connectivity index (χ0n) is 18.3. The molecule has 0 aliphatic carbocycles. The Hall–Kier alpha value is -3.92. The fourth-order valence-corrected chi connectivity index (χ4v) is 5.33. The summed E-state index contributed by atoms with van der Waals surface area (Å²) in [6, 6.07) is 10.4. The molecule has 0 bridgehead atoms. The molecule has 0 saturated carbocycles. The number of aromatic hydroxyl groups is 1. The first-order valence-corrected chi connectivity index (χ1v) is 10.4. The van der Waals surface area contributed by atoms with Gasteiger partial charge in [-0.3, -0.25) is 4.79 Å². The number of nitrogens with two attached hydrogens (primary N) is 1. The third kappa shape index (κ3) is 2.27. The Bertz CT molecular complexity index is 1320. The van der Waals surface area contributed by atoms with Crippen LogP contribution in [0.2, 0.25) is 0 Å². The lowest BCUT2D eigenvalue weighted by atomic mass is 9.68. The van der Waals surface area contributed by atoms with Gasteiger partial charge in [0.1, 0.15) is 34.3 Å². The minimum atomic E-state index is -1.51. The Morgan fingerprint density at radius 1 is 1.25 bits per heavy atom. The van der Waals surface area contributed by atoms with Crippen molar-refractivity contribution in [2.24, 2.45) is 5.73 Å². The van der Waals surface area contributed by atoms with Crippen LogP contribution < -0.4 is 20.1 Å². The SMILES string of the molecule is CCOc1cc2c3c(c1)C1(C(=O)N3C(C)(C)C=C2C)C(C#N)=C(N)Oc2cc(O)ccc21. The van der Waals surface area contributed by atoms with E-state index in [4.69, 9.17) is 15.2 Å². The number of anilines is 1. The Labute approximate surface area is 186 Å². The van der Waals surface area contributed by atoms with E-state index in [0.717, 1.165) is 16.8 Å². The van der Waals surface area contributed by atoms with Crippen LogP contribution in [0, 0.1) is 11.3 Å². The fourth-order valence-electron chi connectivity index (χ4n) is 5.33. The quantitative estimate of drug-likeness (QED) is 0.753. The van der Waals surface area contributed by atoms with Crippen molar-refractivity contribution in [3.8, 4) is 23.3 Å². The van der Waals surface area contributed by atoms with Crippen molar-refractivity contribution in [1.29, 1.82) is 5.26 Å². The van der Waals surface area contributed by atoms with Crippen molar-refractivity contribution in [1.82, 2.24) is 0 Å². The van der Waals surface area contributed by atoms with Crippen LogP contribution in [0.25, 0.3) is 5.57 Å². The molecular weight excluding hydrogens is 406 g/mol. The number of allylic oxidation sites excluding steroid dienone is 1. The van der Waals surface area contributed by atoms with Crippen LogP contribution in [0.15, 0.2) is 47.9 Å². The number of phenols is 1. The summed E-state index contributed by atoms with van der Waals surface area (Å²) in [5, 5.41) is 20.2. The number of nitriles is 1. The van der Waals surface area contributed by atoms with E-state index in [1.54, 1.807) is 11.0 Å². The highest BCUT2D eigenvalue weighted by molar-refractivity contribution is 6.18. The molecule has 3 aliphatic rings. The molecule has 2 aromatic carbocycles. The lowest BCUT2D eigenvalue weighted by Gasteiger charge is -2.40. The molecule has 3 aliphatic heterocycles. The molecule has 1 unspecified atom stereocenters. The van der Waals surface area contributed by atoms with Crippen LogP contribution in [0.4, 0.5) is 5.69 Å². The van der Waals surface area contributed by atoms with Crippen LogP contribution in [0.5, 0.6) is 17.2 Å². The molecule has 2 aromatic rings. The van der Waals surface area contributed by atoms with Crippen LogP contribution >= 0.6 is 0 Å². The maximum Gasteiger partial charge on any atom is 0.248 e. The van der Waals surface area contributed by atoms with Gasteiger partial charge in [0.05, 0.1) is 17.8 Å². The highest BCUT2D eigenvalue weighted by Crippen LogP contribution is 2.60. The zero-order chi connectivity index (χ0) is 23.0. The fraction of sp³-hybridized carbons (Fsp3) is 0.280. The van der Waals surface area contributed by atoms with Crippen LogP contribution in [-0.2, 0) is 10.2 Å². The van der Waals surface area contributed by atoms with Gasteiger partial charge in [0.25, 0.3) is 0 Å². The van der Waals surface area contributed by atoms with Gasteiger partial charge in [0, 0.05) is 22.8 Å². The first-order chi connectivity index (χ1) is 15.2. The second kappa shape index (κ2) is 6.30. The molecule has 3 N–H and O–H groups in total. The minimum Gasteiger partial charge on any atom is -0.508 e. The number of hydrogen-bond acceptors (Lipinski definition) is 6. The average molecular weight is 429 g/mol. The van der Waals surface area contributed by atoms with Gasteiger partial charge in [-0.25, -0.2) is 0 Å². The number of hydrogen-bond donors (Lipinski definition) is 2. The molecule has 5 rings (SSSR count). The van der Waals surface area contributed by atoms with Gasteiger partial charge >= 0.3 is 0 Å². The molecule has 1 amide bonds. The number of amides is 1. The van der Waals surface area contributed by atoms with Crippen molar-refractivity contribution in [2.45, 2.75) is 38.6 Å². The highest BCUT2D eigenvalue weighted by Gasteiger charge is 2.62. The number of ether oxygens (including phenoxy) is 2. The molecule has 162 valence electrons. The molecule has 1 atom stereocenters. The number of carbonyl (C=O) groups excluding carboxylic acids is 1. The summed E-state index contributed by atoms with van der Waals surface area (Å²) in [6.07, 6.45) is 2.04. The van der Waals surface area contributed by atoms with E-state index in [-0.39, 0.29) is 28.9 Å². The normalized spacial score (nSPS) is 22.2. The molecule has 3 heterocycles. The van der Waals surface area contributed by atoms with Gasteiger partial charge in [0.15, 0.2) is 0 Å². The maximum absolute atomic E-state index is 14.4. The number of carbonyl (C=O) groups is 1. The van der Waals surface area contributed by atoms with Crippen molar-refractivity contribution in [3.05, 3.63) is 64.6 Å². The number of fused-ring (bicyclic) bond motifs is 3. The van der Waals surface area contributed by atoms with E-state index < -0.39 is 11.0 Å². The van der Waals surface area contributed by atoms with Crippen LogP contribution in [0.1, 0.15) is 44.4 Å². The lowest BCUT2D eigenvalue weighted by Crippen LogP contribution is -2.53. The summed E-state index contributed by atoms with van der Waals surface area (Å²) in [5.41, 5.74) is 7.80. The van der Waals surface area contributed by atoms with E-state index >= 15 is 0 Å². The van der Waals surface area contributed by atoms with Gasteiger partial charge < -0.3 is 25.2 Å². The average Bonchev–Trinajstić information content (AvgIpc) is 2.97. The van der Waals surface area contributed by atoms with Crippen LogP contribution in [0.3, 0.4) is 0 Å². The molecule has 0 saturated heterocycles. The zero-order valence-corrected chi connectivity index (χ0v) is 18.3. The number of phenolic OH excluding ortho intramolecular Hbond substituents is 1. The third-order valence-corrected chi connectivity index (χ3v) is 6.44. The Morgan fingerprint density at radius 2 is 2.00 bits per heavy atom. The summed E-state index contributed by atoms with van der Waals surface area (Å²) in [5.74, 6) is 0.376. The first kappa shape index (κ1) is 20.0. The highest BCUT2D eigenvalue weighted by atomic mass is 16.5. The summed E-state index contributed by atoms with van der Waals surface area (Å²) in [4.78, 5) is 16.2. The molecule has 0 fully saturated rings. The van der Waals surface area contributed by atoms with E-state index in [1.807, 2.05) is 45.9 Å². The van der Waals surface area contributed by atoms with Crippen molar-refractivity contribution >= 4 is 17.2 Å². The van der Waals surface area contributed by atoms with Gasteiger partial charge in [-0.2, -0.15) is 5.26 Å². The van der Waals surface area contributed by atoms with Crippen molar-refractivity contribution in [3.63, 3.8) is 0 Å². The Morgan fingerprint density at radius 3 is 2.69 bits per heavy atom. The van der Waals surface area contributed by atoms with Crippen molar-refractivity contribution < 1.29 is 19.4 Å². The molecular formula is C25H23N3O4. The molecule has 0 radical (unpaired) electrons. The topological polar surface area (TPSA) is 109 Å².